The zero-order valence-corrected chi connectivity index (χ0v) is 20.5. The van der Waals surface area contributed by atoms with Gasteiger partial charge >= 0.3 is 0 Å². The number of hydrogen-bond donors (Lipinski definition) is 2. The van der Waals surface area contributed by atoms with Gasteiger partial charge < -0.3 is 15.1 Å². The van der Waals surface area contributed by atoms with Gasteiger partial charge in [0.05, 0.1) is 22.0 Å². The van der Waals surface area contributed by atoms with Gasteiger partial charge in [0.15, 0.2) is 5.11 Å². The van der Waals surface area contributed by atoms with Crippen molar-refractivity contribution in [3.8, 4) is 0 Å². The van der Waals surface area contributed by atoms with E-state index in [1.165, 1.54) is 6.07 Å². The molecule has 6 nitrogen and oxygen atoms in total. The highest BCUT2D eigenvalue weighted by Gasteiger charge is 2.23. The van der Waals surface area contributed by atoms with Crippen molar-refractivity contribution < 1.29 is 9.59 Å². The number of anilines is 2. The van der Waals surface area contributed by atoms with Crippen molar-refractivity contribution in [1.82, 2.24) is 10.2 Å². The lowest BCUT2D eigenvalue weighted by atomic mass is 10.2. The molecular formula is C22H23Cl3N4O2S. The Morgan fingerprint density at radius 2 is 1.66 bits per heavy atom. The number of thiocarbonyl (C=S) groups is 1. The van der Waals surface area contributed by atoms with Crippen LogP contribution in [-0.2, 0) is 4.79 Å². The fourth-order valence-electron chi connectivity index (χ4n) is 3.45. The molecule has 2 aromatic carbocycles. The van der Waals surface area contributed by atoms with Gasteiger partial charge in [-0.3, -0.25) is 14.9 Å². The largest absolute Gasteiger partial charge is 0.366 e. The van der Waals surface area contributed by atoms with E-state index in [0.717, 1.165) is 12.1 Å². The predicted octanol–water partition coefficient (Wildman–Crippen LogP) is 5.22. The van der Waals surface area contributed by atoms with Crippen LogP contribution in [0.3, 0.4) is 0 Å². The normalized spacial score (nSPS) is 13.6. The Morgan fingerprint density at radius 1 is 1.00 bits per heavy atom. The van der Waals surface area contributed by atoms with Crippen molar-refractivity contribution in [3.63, 3.8) is 0 Å². The summed E-state index contributed by atoms with van der Waals surface area (Å²) in [5, 5.41) is 6.97. The maximum atomic E-state index is 12.6. The number of carbonyl (C=O) groups excluding carboxylic acids is 2. The van der Waals surface area contributed by atoms with E-state index in [1.54, 1.807) is 24.3 Å². The summed E-state index contributed by atoms with van der Waals surface area (Å²) in [6.45, 7) is 4.67. The van der Waals surface area contributed by atoms with Gasteiger partial charge in [-0.25, -0.2) is 0 Å². The maximum Gasteiger partial charge on any atom is 0.258 e. The number of rotatable bonds is 5. The van der Waals surface area contributed by atoms with Gasteiger partial charge in [0.25, 0.3) is 5.91 Å². The lowest BCUT2D eigenvalue weighted by Gasteiger charge is -2.37. The zero-order valence-electron chi connectivity index (χ0n) is 17.5. The quantitative estimate of drug-likeness (QED) is 0.537. The highest BCUT2D eigenvalue weighted by Crippen LogP contribution is 2.30. The van der Waals surface area contributed by atoms with Gasteiger partial charge in [-0.2, -0.15) is 0 Å². The molecule has 2 N–H and O–H groups in total. The predicted molar refractivity (Wildman–Crippen MR) is 135 cm³/mol. The van der Waals surface area contributed by atoms with Gasteiger partial charge in [0.1, 0.15) is 0 Å². The van der Waals surface area contributed by atoms with Gasteiger partial charge in [0.2, 0.25) is 5.91 Å². The van der Waals surface area contributed by atoms with E-state index in [2.05, 4.69) is 15.5 Å². The molecule has 1 aliphatic rings. The summed E-state index contributed by atoms with van der Waals surface area (Å²) < 4.78 is 0. The summed E-state index contributed by atoms with van der Waals surface area (Å²) in [6.07, 6.45) is 1.41. The lowest BCUT2D eigenvalue weighted by molar-refractivity contribution is -0.131. The van der Waals surface area contributed by atoms with Crippen molar-refractivity contribution in [2.45, 2.75) is 19.8 Å². The number of hydrogen-bond acceptors (Lipinski definition) is 4. The molecule has 3 rings (SSSR count). The molecule has 0 aliphatic carbocycles. The highest BCUT2D eigenvalue weighted by molar-refractivity contribution is 7.80. The number of carbonyl (C=O) groups is 2. The monoisotopic (exact) mass is 512 g/mol. The zero-order chi connectivity index (χ0) is 23.3. The van der Waals surface area contributed by atoms with E-state index in [1.807, 2.05) is 17.9 Å². The van der Waals surface area contributed by atoms with Crippen LogP contribution >= 0.6 is 47.0 Å². The summed E-state index contributed by atoms with van der Waals surface area (Å²) in [6, 6.07) is 10.1. The topological polar surface area (TPSA) is 64.7 Å². The minimum absolute atomic E-state index is 0.103. The molecule has 32 heavy (non-hydrogen) atoms. The Hall–Kier alpha value is -2.06. The summed E-state index contributed by atoms with van der Waals surface area (Å²) >= 11 is 23.6. The van der Waals surface area contributed by atoms with E-state index in [4.69, 9.17) is 47.0 Å². The number of nitrogens with zero attached hydrogens (tertiary/aromatic N) is 2. The smallest absolute Gasteiger partial charge is 0.258 e. The first-order chi connectivity index (χ1) is 15.3. The van der Waals surface area contributed by atoms with Gasteiger partial charge in [-0.15, -0.1) is 0 Å². The Labute approximate surface area is 207 Å². The second-order valence-electron chi connectivity index (χ2n) is 7.31. The molecule has 2 amide bonds. The number of halogens is 3. The molecular weight excluding hydrogens is 491 g/mol. The average Bonchev–Trinajstić information content (AvgIpc) is 2.75. The molecule has 0 aromatic heterocycles. The molecule has 1 heterocycles. The fraction of sp³-hybridized carbons (Fsp3) is 0.318. The first kappa shape index (κ1) is 24.6. The second-order valence-corrected chi connectivity index (χ2v) is 9.00. The van der Waals surface area contributed by atoms with Crippen LogP contribution in [0.2, 0.25) is 15.1 Å². The average molecular weight is 514 g/mol. The summed E-state index contributed by atoms with van der Waals surface area (Å²) in [4.78, 5) is 28.8. The SMILES string of the molecule is CCCC(=O)N1CCN(c2ccc(Cl)cc2NC(=S)NC(=O)c2cc(Cl)ccc2Cl)CC1. The van der Waals surface area contributed by atoms with Crippen molar-refractivity contribution in [3.05, 3.63) is 57.0 Å². The Kier molecular flexibility index (Phi) is 8.59. The molecule has 0 saturated carbocycles. The standard InChI is InChI=1S/C22H23Cl3N4O2S/c1-2-3-20(30)29-10-8-28(9-11-29)19-7-5-15(24)13-18(19)26-22(32)27-21(31)16-12-14(23)4-6-17(16)25/h4-7,12-13H,2-3,8-11H2,1H3,(H2,26,27,31,32). The van der Waals surface area contributed by atoms with Crippen LogP contribution in [0, 0.1) is 0 Å². The third-order valence-corrected chi connectivity index (χ3v) is 6.05. The molecule has 170 valence electrons. The Balaban J connectivity index is 1.69. The van der Waals surface area contributed by atoms with Crippen molar-refractivity contribution in [2.75, 3.05) is 36.4 Å². The number of amides is 2. The molecule has 0 atom stereocenters. The van der Waals surface area contributed by atoms with E-state index >= 15 is 0 Å². The van der Waals surface area contributed by atoms with E-state index in [9.17, 15) is 9.59 Å². The summed E-state index contributed by atoms with van der Waals surface area (Å²) in [7, 11) is 0. The van der Waals surface area contributed by atoms with Crippen LogP contribution in [0.4, 0.5) is 11.4 Å². The molecule has 10 heteroatoms. The first-order valence-corrected chi connectivity index (χ1v) is 11.7. The molecule has 2 aromatic rings. The van der Waals surface area contributed by atoms with Crippen LogP contribution in [0.15, 0.2) is 36.4 Å². The summed E-state index contributed by atoms with van der Waals surface area (Å²) in [5.74, 6) is -0.285. The third-order valence-electron chi connectivity index (χ3n) is 5.04. The van der Waals surface area contributed by atoms with Crippen LogP contribution in [-0.4, -0.2) is 48.0 Å². The van der Waals surface area contributed by atoms with Crippen molar-refractivity contribution >= 4 is 75.3 Å². The molecule has 1 saturated heterocycles. The van der Waals surface area contributed by atoms with E-state index < -0.39 is 5.91 Å². The van der Waals surface area contributed by atoms with Crippen LogP contribution in [0.5, 0.6) is 0 Å². The Bertz CT molecular complexity index is 1030. The highest BCUT2D eigenvalue weighted by atomic mass is 35.5. The van der Waals surface area contributed by atoms with Crippen molar-refractivity contribution in [1.29, 1.82) is 0 Å². The number of benzene rings is 2. The number of nitrogens with one attached hydrogen (secondary N) is 2. The maximum absolute atomic E-state index is 12.6. The van der Waals surface area contributed by atoms with Crippen LogP contribution in [0.1, 0.15) is 30.1 Å². The molecule has 0 bridgehead atoms. The molecule has 0 spiro atoms. The van der Waals surface area contributed by atoms with Crippen LogP contribution in [0.25, 0.3) is 0 Å². The van der Waals surface area contributed by atoms with E-state index in [0.29, 0.717) is 48.3 Å². The number of piperazine rings is 1. The molecule has 0 radical (unpaired) electrons. The minimum atomic E-state index is -0.471. The second kappa shape index (κ2) is 11.2. The molecule has 0 unspecified atom stereocenters. The van der Waals surface area contributed by atoms with Crippen molar-refractivity contribution in [2.24, 2.45) is 0 Å². The van der Waals surface area contributed by atoms with Crippen LogP contribution < -0.4 is 15.5 Å². The first-order valence-electron chi connectivity index (χ1n) is 10.2. The van der Waals surface area contributed by atoms with Gasteiger partial charge in [-0.1, -0.05) is 41.7 Å². The third kappa shape index (κ3) is 6.25. The molecule has 1 fully saturated rings. The van der Waals surface area contributed by atoms with Gasteiger partial charge in [-0.05, 0) is 55.0 Å². The lowest BCUT2D eigenvalue weighted by Crippen LogP contribution is -2.49. The molecule has 1 aliphatic heterocycles. The summed E-state index contributed by atoms with van der Waals surface area (Å²) in [5.41, 5.74) is 1.77. The fourth-order valence-corrected chi connectivity index (χ4v) is 4.20. The van der Waals surface area contributed by atoms with E-state index in [-0.39, 0.29) is 21.6 Å². The van der Waals surface area contributed by atoms with Gasteiger partial charge in [0, 0.05) is 42.6 Å². The minimum Gasteiger partial charge on any atom is -0.366 e. The Morgan fingerprint density at radius 3 is 2.34 bits per heavy atom.